The lowest BCUT2D eigenvalue weighted by Crippen LogP contribution is -2.36. The Morgan fingerprint density at radius 1 is 1.14 bits per heavy atom. The third kappa shape index (κ3) is 8.51. The first kappa shape index (κ1) is 25.9. The van der Waals surface area contributed by atoms with Crippen molar-refractivity contribution in [3.8, 4) is 11.5 Å². The summed E-state index contributed by atoms with van der Waals surface area (Å²) < 4.78 is 17.0. The number of rotatable bonds is 9. The van der Waals surface area contributed by atoms with E-state index in [9.17, 15) is 9.59 Å². The molecule has 0 bridgehead atoms. The predicted octanol–water partition coefficient (Wildman–Crippen LogP) is 3.10. The first-order valence-electron chi connectivity index (χ1n) is 11.7. The van der Waals surface area contributed by atoms with Crippen molar-refractivity contribution in [3.05, 3.63) is 59.7 Å². The number of amidine groups is 1. The van der Waals surface area contributed by atoms with E-state index in [0.29, 0.717) is 43.3 Å². The number of ether oxygens (including phenoxy) is 3. The molecule has 2 amide bonds. The molecule has 9 nitrogen and oxygen atoms in total. The van der Waals surface area contributed by atoms with Crippen LogP contribution >= 0.6 is 0 Å². The topological polar surface area (TPSA) is 127 Å². The summed E-state index contributed by atoms with van der Waals surface area (Å²) in [6, 6.07) is 14.4. The Bertz CT molecular complexity index is 1030. The molecule has 0 radical (unpaired) electrons. The highest BCUT2D eigenvalue weighted by atomic mass is 16.6. The van der Waals surface area contributed by atoms with Gasteiger partial charge in [0.1, 0.15) is 35.6 Å². The maximum atomic E-state index is 12.2. The highest BCUT2D eigenvalue weighted by Crippen LogP contribution is 2.21. The summed E-state index contributed by atoms with van der Waals surface area (Å²) in [5, 5.41) is 10.3. The third-order valence-corrected chi connectivity index (χ3v) is 5.23. The molecule has 1 fully saturated rings. The Morgan fingerprint density at radius 2 is 1.89 bits per heavy atom. The highest BCUT2D eigenvalue weighted by Gasteiger charge is 2.30. The number of carbonyl (C=O) groups is 2. The molecule has 1 saturated heterocycles. The quantitative estimate of drug-likeness (QED) is 0.286. The molecule has 0 spiro atoms. The largest absolute Gasteiger partial charge is 0.492 e. The average molecular weight is 483 g/mol. The van der Waals surface area contributed by atoms with E-state index in [-0.39, 0.29) is 30.4 Å². The number of likely N-dealkylation sites (tertiary alicyclic amines) is 1. The first-order valence-corrected chi connectivity index (χ1v) is 11.7. The van der Waals surface area contributed by atoms with Crippen molar-refractivity contribution in [3.63, 3.8) is 0 Å². The molecule has 9 heteroatoms. The molecular weight excluding hydrogens is 448 g/mol. The molecule has 3 rings (SSSR count). The maximum absolute atomic E-state index is 12.2. The Hall–Kier alpha value is -3.75. The van der Waals surface area contributed by atoms with Crippen molar-refractivity contribution < 1.29 is 23.8 Å². The number of nitrogens with zero attached hydrogens (tertiary/aromatic N) is 1. The van der Waals surface area contributed by atoms with Gasteiger partial charge < -0.3 is 30.2 Å². The smallest absolute Gasteiger partial charge is 0.410 e. The number of hydrogen-bond acceptors (Lipinski definition) is 6. The standard InChI is InChI=1S/C26H34N4O5/c1-26(2,3)35-25(32)30-13-11-22(17-30)34-20-9-7-18(8-10-20)15-23(31)29-12-14-33-21-6-4-5-19(16-21)24(27)28/h4-10,16,22H,11-15,17H2,1-3H3,(H3,27,28)(H,29,31)/t22-/m0/s1. The van der Waals surface area contributed by atoms with Crippen molar-refractivity contribution in [2.24, 2.45) is 5.73 Å². The third-order valence-electron chi connectivity index (χ3n) is 5.23. The van der Waals surface area contributed by atoms with E-state index >= 15 is 0 Å². The summed E-state index contributed by atoms with van der Waals surface area (Å²) >= 11 is 0. The zero-order chi connectivity index (χ0) is 25.4. The molecule has 1 atom stereocenters. The van der Waals surface area contributed by atoms with Crippen LogP contribution in [0, 0.1) is 5.41 Å². The van der Waals surface area contributed by atoms with Crippen LogP contribution in [-0.4, -0.2) is 60.7 Å². The Balaban J connectivity index is 1.37. The molecule has 1 aliphatic rings. The molecule has 0 saturated carbocycles. The van der Waals surface area contributed by atoms with Gasteiger partial charge in [-0.1, -0.05) is 24.3 Å². The summed E-state index contributed by atoms with van der Waals surface area (Å²) in [5.41, 5.74) is 6.42. The number of carbonyl (C=O) groups excluding carboxylic acids is 2. The second kappa shape index (κ2) is 11.6. The van der Waals surface area contributed by atoms with Gasteiger partial charge in [0.05, 0.1) is 19.5 Å². The van der Waals surface area contributed by atoms with E-state index in [4.69, 9.17) is 25.4 Å². The summed E-state index contributed by atoms with van der Waals surface area (Å²) in [7, 11) is 0. The molecule has 2 aromatic rings. The summed E-state index contributed by atoms with van der Waals surface area (Å²) in [6.45, 7) is 7.30. The second-order valence-corrected chi connectivity index (χ2v) is 9.42. The SMILES string of the molecule is CC(C)(C)OC(=O)N1CC[C@H](Oc2ccc(CC(=O)NCCOc3cccc(C(=N)N)c3)cc2)C1. The van der Waals surface area contributed by atoms with Gasteiger partial charge in [-0.15, -0.1) is 0 Å². The summed E-state index contributed by atoms with van der Waals surface area (Å²) in [5.74, 6) is 1.17. The summed E-state index contributed by atoms with van der Waals surface area (Å²) in [6.07, 6.45) is 0.577. The van der Waals surface area contributed by atoms with Crippen LogP contribution in [-0.2, 0) is 16.0 Å². The van der Waals surface area contributed by atoms with Crippen molar-refractivity contribution in [2.75, 3.05) is 26.2 Å². The summed E-state index contributed by atoms with van der Waals surface area (Å²) in [4.78, 5) is 26.1. The van der Waals surface area contributed by atoms with Crippen LogP contribution in [0.5, 0.6) is 11.5 Å². The Morgan fingerprint density at radius 3 is 2.57 bits per heavy atom. The molecule has 1 aliphatic heterocycles. The lowest BCUT2D eigenvalue weighted by atomic mass is 10.1. The van der Waals surface area contributed by atoms with E-state index < -0.39 is 5.60 Å². The first-order chi connectivity index (χ1) is 16.6. The minimum Gasteiger partial charge on any atom is -0.492 e. The van der Waals surface area contributed by atoms with Crippen LogP contribution in [0.1, 0.15) is 38.3 Å². The van der Waals surface area contributed by atoms with Gasteiger partial charge >= 0.3 is 6.09 Å². The number of benzene rings is 2. The van der Waals surface area contributed by atoms with Gasteiger partial charge in [-0.05, 0) is 50.6 Å². The van der Waals surface area contributed by atoms with Crippen molar-refractivity contribution in [1.82, 2.24) is 10.2 Å². The van der Waals surface area contributed by atoms with Gasteiger partial charge in [0, 0.05) is 18.5 Å². The molecule has 35 heavy (non-hydrogen) atoms. The van der Waals surface area contributed by atoms with E-state index in [1.165, 1.54) is 0 Å². The van der Waals surface area contributed by atoms with Gasteiger partial charge in [0.25, 0.3) is 0 Å². The van der Waals surface area contributed by atoms with E-state index in [0.717, 1.165) is 12.0 Å². The van der Waals surface area contributed by atoms with Crippen LogP contribution in [0.2, 0.25) is 0 Å². The molecule has 0 unspecified atom stereocenters. The molecule has 188 valence electrons. The monoisotopic (exact) mass is 482 g/mol. The number of amides is 2. The molecule has 1 heterocycles. The molecular formula is C26H34N4O5. The van der Waals surface area contributed by atoms with E-state index in [1.807, 2.05) is 45.0 Å². The van der Waals surface area contributed by atoms with E-state index in [1.54, 1.807) is 29.2 Å². The van der Waals surface area contributed by atoms with Gasteiger partial charge in [0.15, 0.2) is 0 Å². The number of nitrogens with two attached hydrogens (primary N) is 1. The lowest BCUT2D eigenvalue weighted by molar-refractivity contribution is -0.120. The predicted molar refractivity (Wildman–Crippen MR) is 133 cm³/mol. The molecule has 2 aromatic carbocycles. The Kier molecular flexibility index (Phi) is 8.57. The molecule has 0 aromatic heterocycles. The number of hydrogen-bond donors (Lipinski definition) is 3. The van der Waals surface area contributed by atoms with Crippen molar-refractivity contribution in [2.45, 2.75) is 45.3 Å². The fourth-order valence-corrected chi connectivity index (χ4v) is 3.56. The molecule has 4 N–H and O–H groups in total. The van der Waals surface area contributed by atoms with Crippen molar-refractivity contribution >= 4 is 17.8 Å². The average Bonchev–Trinajstić information content (AvgIpc) is 3.26. The minimum absolute atomic E-state index is 0.0221. The van der Waals surface area contributed by atoms with Crippen LogP contribution in [0.3, 0.4) is 0 Å². The van der Waals surface area contributed by atoms with Gasteiger partial charge in [-0.25, -0.2) is 4.79 Å². The number of nitrogen functional groups attached to an aromatic ring is 1. The fourth-order valence-electron chi connectivity index (χ4n) is 3.56. The van der Waals surface area contributed by atoms with Crippen LogP contribution in [0.15, 0.2) is 48.5 Å². The maximum Gasteiger partial charge on any atom is 0.410 e. The van der Waals surface area contributed by atoms with Crippen molar-refractivity contribution in [1.29, 1.82) is 5.41 Å². The van der Waals surface area contributed by atoms with E-state index in [2.05, 4.69) is 5.32 Å². The van der Waals surface area contributed by atoms with Crippen LogP contribution in [0.4, 0.5) is 4.79 Å². The normalized spacial score (nSPS) is 15.4. The fraction of sp³-hybridized carbons (Fsp3) is 0.423. The Labute approximate surface area is 206 Å². The minimum atomic E-state index is -0.520. The zero-order valence-corrected chi connectivity index (χ0v) is 20.5. The van der Waals surface area contributed by atoms with Crippen LogP contribution < -0.4 is 20.5 Å². The van der Waals surface area contributed by atoms with Gasteiger partial charge in [-0.2, -0.15) is 0 Å². The highest BCUT2D eigenvalue weighted by molar-refractivity contribution is 5.95. The second-order valence-electron chi connectivity index (χ2n) is 9.42. The lowest BCUT2D eigenvalue weighted by Gasteiger charge is -2.24. The van der Waals surface area contributed by atoms with Gasteiger partial charge in [0.2, 0.25) is 5.91 Å². The number of nitrogens with one attached hydrogen (secondary N) is 2. The molecule has 0 aliphatic carbocycles. The zero-order valence-electron chi connectivity index (χ0n) is 20.5. The van der Waals surface area contributed by atoms with Gasteiger partial charge in [-0.3, -0.25) is 10.2 Å². The van der Waals surface area contributed by atoms with Crippen LogP contribution in [0.25, 0.3) is 0 Å².